The average molecular weight is 260 g/mol. The molecule has 1 aliphatic rings. The van der Waals surface area contributed by atoms with Crippen molar-refractivity contribution in [2.45, 2.75) is 6.42 Å². The second-order valence-corrected chi connectivity index (χ2v) is 4.46. The molecule has 1 N–H and O–H groups in total. The van der Waals surface area contributed by atoms with E-state index in [0.717, 1.165) is 6.42 Å². The Morgan fingerprint density at radius 3 is 2.62 bits per heavy atom. The smallest absolute Gasteiger partial charge is 0.229 e. The van der Waals surface area contributed by atoms with Crippen LogP contribution in [0.15, 0.2) is 18.2 Å². The zero-order valence-corrected chi connectivity index (χ0v) is 10.0. The average Bonchev–Trinajstić information content (AvgIpc) is 2.76. The first-order valence-electron chi connectivity index (χ1n) is 5.01. The van der Waals surface area contributed by atoms with Crippen molar-refractivity contribution in [1.29, 1.82) is 0 Å². The molecule has 0 radical (unpaired) electrons. The van der Waals surface area contributed by atoms with Crippen LogP contribution in [0.1, 0.15) is 6.42 Å². The van der Waals surface area contributed by atoms with Crippen molar-refractivity contribution < 1.29 is 9.53 Å². The molecule has 1 saturated heterocycles. The third-order valence-corrected chi connectivity index (χ3v) is 3.14. The minimum Gasteiger partial charge on any atom is -0.381 e. The van der Waals surface area contributed by atoms with E-state index in [9.17, 15) is 4.79 Å². The van der Waals surface area contributed by atoms with Gasteiger partial charge in [-0.25, -0.2) is 0 Å². The molecule has 86 valence electrons. The number of amides is 1. The summed E-state index contributed by atoms with van der Waals surface area (Å²) in [5.41, 5.74) is 0.475. The maximum Gasteiger partial charge on any atom is 0.229 e. The zero-order chi connectivity index (χ0) is 11.5. The summed E-state index contributed by atoms with van der Waals surface area (Å²) in [5, 5.41) is 3.63. The molecule has 0 spiro atoms. The first-order chi connectivity index (χ1) is 7.68. The van der Waals surface area contributed by atoms with E-state index < -0.39 is 0 Å². The number of carbonyl (C=O) groups excluding carboxylic acids is 1. The van der Waals surface area contributed by atoms with Crippen molar-refractivity contribution in [2.24, 2.45) is 5.92 Å². The summed E-state index contributed by atoms with van der Waals surface area (Å²) in [6, 6.07) is 5.11. The number of ether oxygens (including phenoxy) is 1. The second kappa shape index (κ2) is 5.04. The topological polar surface area (TPSA) is 38.3 Å². The van der Waals surface area contributed by atoms with Crippen molar-refractivity contribution in [3.63, 3.8) is 0 Å². The summed E-state index contributed by atoms with van der Waals surface area (Å²) < 4.78 is 5.15. The number of hydrogen-bond acceptors (Lipinski definition) is 2. The van der Waals surface area contributed by atoms with Gasteiger partial charge in [-0.15, -0.1) is 0 Å². The molecule has 1 atom stereocenters. The van der Waals surface area contributed by atoms with Crippen LogP contribution in [0.25, 0.3) is 0 Å². The summed E-state index contributed by atoms with van der Waals surface area (Å²) in [6.45, 7) is 1.10. The van der Waals surface area contributed by atoms with Crippen molar-refractivity contribution in [2.75, 3.05) is 18.5 Å². The predicted molar refractivity (Wildman–Crippen MR) is 64.0 cm³/mol. The van der Waals surface area contributed by atoms with Crippen LogP contribution in [0.2, 0.25) is 10.0 Å². The van der Waals surface area contributed by atoms with Crippen molar-refractivity contribution in [3.05, 3.63) is 28.2 Å². The van der Waals surface area contributed by atoms with E-state index in [2.05, 4.69) is 5.32 Å². The van der Waals surface area contributed by atoms with Gasteiger partial charge in [-0.1, -0.05) is 29.3 Å². The third-order valence-electron chi connectivity index (χ3n) is 2.51. The van der Waals surface area contributed by atoms with Gasteiger partial charge in [0.05, 0.1) is 28.3 Å². The molecule has 5 heteroatoms. The fourth-order valence-corrected chi connectivity index (χ4v) is 2.08. The molecule has 2 rings (SSSR count). The first-order valence-corrected chi connectivity index (χ1v) is 5.76. The summed E-state index contributed by atoms with van der Waals surface area (Å²) in [5.74, 6) is -0.195. The predicted octanol–water partition coefficient (Wildman–Crippen LogP) is 2.97. The number of para-hydroxylation sites is 1. The highest BCUT2D eigenvalue weighted by atomic mass is 35.5. The number of halogens is 2. The first kappa shape index (κ1) is 11.7. The van der Waals surface area contributed by atoms with Crippen molar-refractivity contribution in [1.82, 2.24) is 0 Å². The summed E-state index contributed by atoms with van der Waals surface area (Å²) in [6.07, 6.45) is 0.744. The molecular formula is C11H11Cl2NO2. The van der Waals surface area contributed by atoms with E-state index >= 15 is 0 Å². The molecule has 16 heavy (non-hydrogen) atoms. The van der Waals surface area contributed by atoms with Crippen LogP contribution >= 0.6 is 23.2 Å². The molecule has 1 amide bonds. The van der Waals surface area contributed by atoms with Crippen LogP contribution in [0.5, 0.6) is 0 Å². The number of carbonyl (C=O) groups is 1. The summed E-state index contributed by atoms with van der Waals surface area (Å²) >= 11 is 11.9. The van der Waals surface area contributed by atoms with Gasteiger partial charge < -0.3 is 10.1 Å². The van der Waals surface area contributed by atoms with Gasteiger partial charge in [-0.2, -0.15) is 0 Å². The lowest BCUT2D eigenvalue weighted by Crippen LogP contribution is -2.23. The van der Waals surface area contributed by atoms with Gasteiger partial charge in [0.1, 0.15) is 0 Å². The maximum atomic E-state index is 11.8. The summed E-state index contributed by atoms with van der Waals surface area (Å²) in [4.78, 5) is 11.8. The molecule has 1 aromatic rings. The molecular weight excluding hydrogens is 249 g/mol. The van der Waals surface area contributed by atoms with Crippen LogP contribution in [0.4, 0.5) is 5.69 Å². The van der Waals surface area contributed by atoms with E-state index in [1.54, 1.807) is 18.2 Å². The molecule has 0 bridgehead atoms. The van der Waals surface area contributed by atoms with Crippen LogP contribution in [0.3, 0.4) is 0 Å². The van der Waals surface area contributed by atoms with Gasteiger partial charge in [0.25, 0.3) is 0 Å². The lowest BCUT2D eigenvalue weighted by atomic mass is 10.1. The monoisotopic (exact) mass is 259 g/mol. The largest absolute Gasteiger partial charge is 0.381 e. The van der Waals surface area contributed by atoms with E-state index in [-0.39, 0.29) is 11.8 Å². The SMILES string of the molecule is O=C(Nc1c(Cl)cccc1Cl)C1CCOC1. The summed E-state index contributed by atoms with van der Waals surface area (Å²) in [7, 11) is 0. The lowest BCUT2D eigenvalue weighted by molar-refractivity contribution is -0.119. The minimum atomic E-state index is -0.104. The van der Waals surface area contributed by atoms with Crippen LogP contribution < -0.4 is 5.32 Å². The van der Waals surface area contributed by atoms with Gasteiger partial charge in [-0.3, -0.25) is 4.79 Å². The fourth-order valence-electron chi connectivity index (χ4n) is 1.58. The Labute approximate surface area is 104 Å². The Balaban J connectivity index is 2.11. The Hall–Kier alpha value is -0.770. The highest BCUT2D eigenvalue weighted by molar-refractivity contribution is 6.39. The molecule has 1 unspecified atom stereocenters. The van der Waals surface area contributed by atoms with Crippen LogP contribution in [0, 0.1) is 5.92 Å². The number of hydrogen-bond donors (Lipinski definition) is 1. The molecule has 1 fully saturated rings. The molecule has 0 saturated carbocycles. The fraction of sp³-hybridized carbons (Fsp3) is 0.364. The van der Waals surface area contributed by atoms with Crippen LogP contribution in [-0.2, 0) is 9.53 Å². The Bertz CT molecular complexity index is 383. The number of anilines is 1. The third kappa shape index (κ3) is 2.48. The zero-order valence-electron chi connectivity index (χ0n) is 8.50. The van der Waals surface area contributed by atoms with Gasteiger partial charge in [0.15, 0.2) is 0 Å². The standard InChI is InChI=1S/C11H11Cl2NO2/c12-8-2-1-3-9(13)10(8)14-11(15)7-4-5-16-6-7/h1-3,7H,4-6H2,(H,14,15). The normalized spacial score (nSPS) is 19.8. The van der Waals surface area contributed by atoms with E-state index in [0.29, 0.717) is 28.9 Å². The number of nitrogens with one attached hydrogen (secondary N) is 1. The highest BCUT2D eigenvalue weighted by Crippen LogP contribution is 2.30. The minimum absolute atomic E-state index is 0.0903. The Kier molecular flexibility index (Phi) is 3.69. The lowest BCUT2D eigenvalue weighted by Gasteiger charge is -2.11. The number of rotatable bonds is 2. The van der Waals surface area contributed by atoms with Gasteiger partial charge in [-0.05, 0) is 18.6 Å². The molecule has 3 nitrogen and oxygen atoms in total. The highest BCUT2D eigenvalue weighted by Gasteiger charge is 2.24. The molecule has 0 aliphatic carbocycles. The molecule has 1 aromatic carbocycles. The van der Waals surface area contributed by atoms with Crippen molar-refractivity contribution in [3.8, 4) is 0 Å². The van der Waals surface area contributed by atoms with Crippen LogP contribution in [-0.4, -0.2) is 19.1 Å². The Morgan fingerprint density at radius 2 is 2.06 bits per heavy atom. The molecule has 0 aromatic heterocycles. The van der Waals surface area contributed by atoms with E-state index in [1.165, 1.54) is 0 Å². The van der Waals surface area contributed by atoms with E-state index in [1.807, 2.05) is 0 Å². The van der Waals surface area contributed by atoms with Gasteiger partial charge in [0, 0.05) is 6.61 Å². The van der Waals surface area contributed by atoms with Crippen molar-refractivity contribution >= 4 is 34.8 Å². The maximum absolute atomic E-state index is 11.8. The molecule has 1 heterocycles. The quantitative estimate of drug-likeness (QED) is 0.887. The molecule has 1 aliphatic heterocycles. The van der Waals surface area contributed by atoms with E-state index in [4.69, 9.17) is 27.9 Å². The van der Waals surface area contributed by atoms with Gasteiger partial charge >= 0.3 is 0 Å². The Morgan fingerprint density at radius 1 is 1.38 bits per heavy atom. The second-order valence-electron chi connectivity index (χ2n) is 3.65. The van der Waals surface area contributed by atoms with Gasteiger partial charge in [0.2, 0.25) is 5.91 Å². The number of benzene rings is 1.